The minimum Gasteiger partial charge on any atom is -0.478 e. The maximum Gasteiger partial charge on any atom is 0.335 e. The molecule has 1 aliphatic rings. The first-order valence-electron chi connectivity index (χ1n) is 6.72. The fourth-order valence-corrected chi connectivity index (χ4v) is 2.26. The van der Waals surface area contributed by atoms with Crippen molar-refractivity contribution in [2.24, 2.45) is 0 Å². The zero-order valence-corrected chi connectivity index (χ0v) is 11.7. The number of nitro benzene ring substituents is 1. The monoisotopic (exact) mass is 301 g/mol. The molecule has 2 aromatic rings. The van der Waals surface area contributed by atoms with Gasteiger partial charge in [-0.2, -0.15) is 0 Å². The number of fused-ring (bicyclic) bond motifs is 1. The van der Waals surface area contributed by atoms with Gasteiger partial charge in [0, 0.05) is 12.1 Å². The molecule has 2 N–H and O–H groups in total. The number of hydrogen-bond acceptors (Lipinski definition) is 4. The van der Waals surface area contributed by atoms with Crippen LogP contribution in [0.1, 0.15) is 34.0 Å². The molecule has 0 saturated heterocycles. The van der Waals surface area contributed by atoms with Gasteiger partial charge in [-0.1, -0.05) is 24.3 Å². The number of carbonyl (C=O) groups is 1. The van der Waals surface area contributed by atoms with E-state index in [0.717, 1.165) is 30.5 Å². The second kappa shape index (κ2) is 6.82. The lowest BCUT2D eigenvalue weighted by molar-refractivity contribution is -0.384. The van der Waals surface area contributed by atoms with Gasteiger partial charge in [0.2, 0.25) is 0 Å². The molecular formula is C16H15NO5. The lowest BCUT2D eigenvalue weighted by Gasteiger charge is -2.00. The number of nitro groups is 1. The molecule has 3 rings (SSSR count). The molecule has 1 aliphatic carbocycles. The molecule has 6 heteroatoms. The van der Waals surface area contributed by atoms with Crippen molar-refractivity contribution >= 4 is 11.7 Å². The number of non-ortho nitro benzene ring substituents is 1. The SMILES string of the molecule is O=C(O)c1ccc([N+](=O)[O-])cc1.OC1CCc2ccccc21. The van der Waals surface area contributed by atoms with Crippen LogP contribution in [-0.2, 0) is 6.42 Å². The molecule has 0 saturated carbocycles. The van der Waals surface area contributed by atoms with E-state index in [1.165, 1.54) is 17.7 Å². The second-order valence-electron chi connectivity index (χ2n) is 4.86. The Morgan fingerprint density at radius 3 is 2.32 bits per heavy atom. The van der Waals surface area contributed by atoms with Crippen LogP contribution in [-0.4, -0.2) is 21.1 Å². The van der Waals surface area contributed by atoms with Crippen LogP contribution < -0.4 is 0 Å². The van der Waals surface area contributed by atoms with Crippen LogP contribution in [0.5, 0.6) is 0 Å². The molecule has 1 unspecified atom stereocenters. The van der Waals surface area contributed by atoms with Gasteiger partial charge in [-0.15, -0.1) is 0 Å². The van der Waals surface area contributed by atoms with E-state index in [2.05, 4.69) is 6.07 Å². The van der Waals surface area contributed by atoms with Gasteiger partial charge in [-0.3, -0.25) is 10.1 Å². The van der Waals surface area contributed by atoms with E-state index < -0.39 is 10.9 Å². The van der Waals surface area contributed by atoms with Gasteiger partial charge in [-0.25, -0.2) is 4.79 Å². The van der Waals surface area contributed by atoms with Crippen LogP contribution in [0.3, 0.4) is 0 Å². The van der Waals surface area contributed by atoms with Crippen molar-refractivity contribution in [3.8, 4) is 0 Å². The Bertz CT molecular complexity index is 648. The number of carboxylic acids is 1. The Morgan fingerprint density at radius 2 is 1.77 bits per heavy atom. The standard InChI is InChI=1S/C9H10O.C7H5NO4/c10-9-6-5-7-3-1-2-4-8(7)9;9-7(10)5-1-3-6(4-2-5)8(11)12/h1-4,9-10H,5-6H2;1-4H,(H,9,10). The van der Waals surface area contributed by atoms with E-state index in [1.54, 1.807) is 0 Å². The summed E-state index contributed by atoms with van der Waals surface area (Å²) in [5.41, 5.74) is 2.37. The van der Waals surface area contributed by atoms with Gasteiger partial charge in [0.1, 0.15) is 0 Å². The Hall–Kier alpha value is -2.73. The lowest BCUT2D eigenvalue weighted by Crippen LogP contribution is -1.96. The third-order valence-corrected chi connectivity index (χ3v) is 3.43. The van der Waals surface area contributed by atoms with E-state index in [4.69, 9.17) is 5.11 Å². The molecule has 0 aliphatic heterocycles. The predicted molar refractivity (Wildman–Crippen MR) is 79.8 cm³/mol. The minimum absolute atomic E-state index is 0.0422. The number of aromatic carboxylic acids is 1. The van der Waals surface area contributed by atoms with Crippen molar-refractivity contribution in [2.45, 2.75) is 18.9 Å². The number of aliphatic hydroxyl groups excluding tert-OH is 1. The average Bonchev–Trinajstić information content (AvgIpc) is 2.90. The van der Waals surface area contributed by atoms with Gasteiger partial charge in [0.05, 0.1) is 16.6 Å². The lowest BCUT2D eigenvalue weighted by atomic mass is 10.1. The number of nitrogens with zero attached hydrogens (tertiary/aromatic N) is 1. The Labute approximate surface area is 126 Å². The molecule has 0 fully saturated rings. The molecule has 114 valence electrons. The third kappa shape index (κ3) is 3.67. The van der Waals surface area contributed by atoms with Gasteiger partial charge < -0.3 is 10.2 Å². The first-order valence-corrected chi connectivity index (χ1v) is 6.72. The van der Waals surface area contributed by atoms with Crippen molar-refractivity contribution in [1.29, 1.82) is 0 Å². The van der Waals surface area contributed by atoms with Crippen LogP contribution in [0.2, 0.25) is 0 Å². The first kappa shape index (κ1) is 15.7. The normalized spacial score (nSPS) is 15.4. The summed E-state index contributed by atoms with van der Waals surface area (Å²) >= 11 is 0. The number of carboxylic acid groups (broad SMARTS) is 1. The highest BCUT2D eigenvalue weighted by Gasteiger charge is 2.18. The van der Waals surface area contributed by atoms with Crippen molar-refractivity contribution in [1.82, 2.24) is 0 Å². The first-order chi connectivity index (χ1) is 10.5. The summed E-state index contributed by atoms with van der Waals surface area (Å²) in [6, 6.07) is 12.8. The van der Waals surface area contributed by atoms with Crippen LogP contribution >= 0.6 is 0 Å². The molecule has 0 amide bonds. The molecule has 0 bridgehead atoms. The molecule has 2 aromatic carbocycles. The van der Waals surface area contributed by atoms with Crippen LogP contribution in [0.4, 0.5) is 5.69 Å². The average molecular weight is 301 g/mol. The molecule has 22 heavy (non-hydrogen) atoms. The summed E-state index contributed by atoms with van der Waals surface area (Å²) in [5, 5.41) is 28.0. The summed E-state index contributed by atoms with van der Waals surface area (Å²) in [5.74, 6) is -1.09. The largest absolute Gasteiger partial charge is 0.478 e. The Balaban J connectivity index is 0.000000162. The van der Waals surface area contributed by atoms with E-state index in [0.29, 0.717) is 0 Å². The highest BCUT2D eigenvalue weighted by atomic mass is 16.6. The van der Waals surface area contributed by atoms with Crippen molar-refractivity contribution in [3.63, 3.8) is 0 Å². The number of benzene rings is 2. The number of aliphatic hydroxyl groups is 1. The van der Waals surface area contributed by atoms with Gasteiger partial charge in [-0.05, 0) is 36.1 Å². The molecule has 1 atom stereocenters. The van der Waals surface area contributed by atoms with Crippen LogP contribution in [0.15, 0.2) is 48.5 Å². The zero-order chi connectivity index (χ0) is 16.1. The maximum atomic E-state index is 10.3. The summed E-state index contributed by atoms with van der Waals surface area (Å²) in [7, 11) is 0. The van der Waals surface area contributed by atoms with Crippen LogP contribution in [0, 0.1) is 10.1 Å². The quantitative estimate of drug-likeness (QED) is 0.656. The molecule has 0 heterocycles. The molecule has 0 radical (unpaired) electrons. The summed E-state index contributed by atoms with van der Waals surface area (Å²) in [6.45, 7) is 0. The van der Waals surface area contributed by atoms with Crippen molar-refractivity contribution in [3.05, 3.63) is 75.3 Å². The van der Waals surface area contributed by atoms with E-state index in [9.17, 15) is 20.0 Å². The summed E-state index contributed by atoms with van der Waals surface area (Å²) in [4.78, 5) is 19.9. The summed E-state index contributed by atoms with van der Waals surface area (Å²) < 4.78 is 0. The molecule has 0 aromatic heterocycles. The van der Waals surface area contributed by atoms with Crippen LogP contribution in [0.25, 0.3) is 0 Å². The third-order valence-electron chi connectivity index (χ3n) is 3.43. The summed E-state index contributed by atoms with van der Waals surface area (Å²) in [6.07, 6.45) is 1.74. The molecular weight excluding hydrogens is 286 g/mol. The van der Waals surface area contributed by atoms with E-state index in [-0.39, 0.29) is 17.4 Å². The van der Waals surface area contributed by atoms with Gasteiger partial charge in [0.25, 0.3) is 5.69 Å². The maximum absolute atomic E-state index is 10.3. The van der Waals surface area contributed by atoms with Crippen molar-refractivity contribution < 1.29 is 19.9 Å². The Morgan fingerprint density at radius 1 is 1.14 bits per heavy atom. The highest BCUT2D eigenvalue weighted by molar-refractivity contribution is 5.87. The van der Waals surface area contributed by atoms with E-state index in [1.807, 2.05) is 18.2 Å². The fraction of sp³-hybridized carbons (Fsp3) is 0.188. The Kier molecular flexibility index (Phi) is 4.85. The second-order valence-corrected chi connectivity index (χ2v) is 4.86. The van der Waals surface area contributed by atoms with Crippen molar-refractivity contribution in [2.75, 3.05) is 0 Å². The fourth-order valence-electron chi connectivity index (χ4n) is 2.26. The molecule has 6 nitrogen and oxygen atoms in total. The number of hydrogen-bond donors (Lipinski definition) is 2. The van der Waals surface area contributed by atoms with Gasteiger partial charge >= 0.3 is 5.97 Å². The number of rotatable bonds is 2. The highest BCUT2D eigenvalue weighted by Crippen LogP contribution is 2.29. The predicted octanol–water partition coefficient (Wildman–Crippen LogP) is 2.96. The van der Waals surface area contributed by atoms with Gasteiger partial charge in [0.15, 0.2) is 0 Å². The topological polar surface area (TPSA) is 101 Å². The smallest absolute Gasteiger partial charge is 0.335 e. The number of aryl methyl sites for hydroxylation is 1. The molecule has 0 spiro atoms. The minimum atomic E-state index is -1.09. The van der Waals surface area contributed by atoms with E-state index >= 15 is 0 Å². The zero-order valence-electron chi connectivity index (χ0n) is 11.7.